The number of carbonyl (C=O) groups excluding carboxylic acids is 2. The summed E-state index contributed by atoms with van der Waals surface area (Å²) in [6.45, 7) is 4.24. The van der Waals surface area contributed by atoms with Gasteiger partial charge in [0.2, 0.25) is 11.8 Å². The van der Waals surface area contributed by atoms with Crippen molar-refractivity contribution in [1.29, 1.82) is 0 Å². The van der Waals surface area contributed by atoms with Crippen LogP contribution in [0.5, 0.6) is 0 Å². The first-order valence-corrected chi connectivity index (χ1v) is 6.72. The predicted octanol–water partition coefficient (Wildman–Crippen LogP) is 1.78. The number of hydrogen-bond donors (Lipinski definition) is 2. The minimum atomic E-state index is -0.287. The maximum absolute atomic E-state index is 11.8. The van der Waals surface area contributed by atoms with Crippen LogP contribution in [-0.2, 0) is 9.59 Å². The third-order valence-corrected chi connectivity index (χ3v) is 3.45. The van der Waals surface area contributed by atoms with E-state index >= 15 is 0 Å². The molecule has 19 heavy (non-hydrogen) atoms. The predicted molar refractivity (Wildman–Crippen MR) is 73.3 cm³/mol. The van der Waals surface area contributed by atoms with E-state index in [1.807, 2.05) is 18.2 Å². The molecule has 1 aliphatic heterocycles. The van der Waals surface area contributed by atoms with Gasteiger partial charge in [0.15, 0.2) is 0 Å². The number of imide groups is 1. The molecule has 1 aliphatic rings. The Morgan fingerprint density at radius 2 is 1.89 bits per heavy atom. The lowest BCUT2D eigenvalue weighted by Gasteiger charge is -2.30. The Morgan fingerprint density at radius 1 is 1.21 bits per heavy atom. The van der Waals surface area contributed by atoms with Gasteiger partial charge in [-0.05, 0) is 17.9 Å². The lowest BCUT2D eigenvalue weighted by atomic mass is 9.94. The molecule has 0 spiro atoms. The van der Waals surface area contributed by atoms with Crippen LogP contribution in [0.2, 0.25) is 0 Å². The van der Waals surface area contributed by atoms with E-state index in [4.69, 9.17) is 0 Å². The van der Waals surface area contributed by atoms with Crippen molar-refractivity contribution in [1.82, 2.24) is 10.6 Å². The summed E-state index contributed by atoms with van der Waals surface area (Å²) < 4.78 is 0. The molecule has 1 aromatic rings. The van der Waals surface area contributed by atoms with Crippen LogP contribution in [0.3, 0.4) is 0 Å². The molecule has 2 amide bonds. The van der Waals surface area contributed by atoms with Gasteiger partial charge < -0.3 is 0 Å². The van der Waals surface area contributed by atoms with E-state index in [-0.39, 0.29) is 23.9 Å². The molecular formula is C15H20N2O2. The number of carbonyl (C=O) groups is 2. The van der Waals surface area contributed by atoms with Gasteiger partial charge in [0.1, 0.15) is 0 Å². The first kappa shape index (κ1) is 13.7. The highest BCUT2D eigenvalue weighted by molar-refractivity contribution is 6.00. The summed E-state index contributed by atoms with van der Waals surface area (Å²) in [6, 6.07) is 9.92. The van der Waals surface area contributed by atoms with Gasteiger partial charge >= 0.3 is 0 Å². The van der Waals surface area contributed by atoms with E-state index in [9.17, 15) is 9.59 Å². The molecule has 0 bridgehead atoms. The summed E-state index contributed by atoms with van der Waals surface area (Å²) in [4.78, 5) is 22.9. The van der Waals surface area contributed by atoms with E-state index in [1.165, 1.54) is 5.56 Å². The van der Waals surface area contributed by atoms with E-state index in [0.717, 1.165) is 0 Å². The van der Waals surface area contributed by atoms with Crippen molar-refractivity contribution < 1.29 is 9.59 Å². The normalized spacial score (nSPS) is 21.3. The zero-order chi connectivity index (χ0) is 13.8. The second kappa shape index (κ2) is 5.97. The minimum Gasteiger partial charge on any atom is -0.299 e. The zero-order valence-corrected chi connectivity index (χ0v) is 11.3. The highest BCUT2D eigenvalue weighted by Crippen LogP contribution is 2.23. The molecule has 0 aromatic heterocycles. The molecule has 0 radical (unpaired) electrons. The smallest absolute Gasteiger partial charge is 0.243 e. The molecule has 4 heteroatoms. The maximum Gasteiger partial charge on any atom is 0.243 e. The summed E-state index contributed by atoms with van der Waals surface area (Å²) in [5, 5.41) is 5.76. The lowest BCUT2D eigenvalue weighted by Crippen LogP contribution is -2.52. The quantitative estimate of drug-likeness (QED) is 0.811. The fraction of sp³-hybridized carbons (Fsp3) is 0.467. The van der Waals surface area contributed by atoms with E-state index in [0.29, 0.717) is 18.8 Å². The van der Waals surface area contributed by atoms with Crippen molar-refractivity contribution in [3.05, 3.63) is 35.9 Å². The summed E-state index contributed by atoms with van der Waals surface area (Å²) in [5.74, 6) is -0.0190. The second-order valence-corrected chi connectivity index (χ2v) is 5.30. The third kappa shape index (κ3) is 3.41. The maximum atomic E-state index is 11.8. The van der Waals surface area contributed by atoms with Gasteiger partial charge in [-0.3, -0.25) is 20.2 Å². The molecule has 2 unspecified atom stereocenters. The topological polar surface area (TPSA) is 58.2 Å². The highest BCUT2D eigenvalue weighted by Gasteiger charge is 2.29. The highest BCUT2D eigenvalue weighted by atomic mass is 16.2. The molecule has 2 N–H and O–H groups in total. The zero-order valence-electron chi connectivity index (χ0n) is 11.3. The van der Waals surface area contributed by atoms with Crippen molar-refractivity contribution in [2.75, 3.05) is 0 Å². The van der Waals surface area contributed by atoms with Crippen LogP contribution in [0.1, 0.15) is 38.3 Å². The monoisotopic (exact) mass is 260 g/mol. The summed E-state index contributed by atoms with van der Waals surface area (Å²) in [7, 11) is 0. The first-order valence-electron chi connectivity index (χ1n) is 6.72. The third-order valence-electron chi connectivity index (χ3n) is 3.45. The van der Waals surface area contributed by atoms with Crippen molar-refractivity contribution in [3.8, 4) is 0 Å². The molecule has 2 atom stereocenters. The lowest BCUT2D eigenvalue weighted by molar-refractivity contribution is -0.134. The van der Waals surface area contributed by atoms with Crippen LogP contribution >= 0.6 is 0 Å². The molecule has 1 aromatic carbocycles. The van der Waals surface area contributed by atoms with Gasteiger partial charge in [-0.25, -0.2) is 0 Å². The average Bonchev–Trinajstić information content (AvgIpc) is 2.38. The van der Waals surface area contributed by atoms with Crippen LogP contribution in [-0.4, -0.2) is 17.9 Å². The Bertz CT molecular complexity index is 456. The van der Waals surface area contributed by atoms with Crippen molar-refractivity contribution in [2.24, 2.45) is 5.92 Å². The Kier molecular flexibility index (Phi) is 4.32. The van der Waals surface area contributed by atoms with Crippen molar-refractivity contribution >= 4 is 11.8 Å². The molecule has 2 rings (SSSR count). The van der Waals surface area contributed by atoms with Crippen LogP contribution in [0.25, 0.3) is 0 Å². The number of hydrogen-bond acceptors (Lipinski definition) is 3. The Morgan fingerprint density at radius 3 is 2.47 bits per heavy atom. The second-order valence-electron chi connectivity index (χ2n) is 5.30. The molecule has 4 nitrogen and oxygen atoms in total. The number of amides is 2. The first-order chi connectivity index (χ1) is 9.08. The van der Waals surface area contributed by atoms with Gasteiger partial charge in [0.25, 0.3) is 0 Å². The Balaban J connectivity index is 2.10. The van der Waals surface area contributed by atoms with Crippen LogP contribution in [0.4, 0.5) is 0 Å². The van der Waals surface area contributed by atoms with Crippen molar-refractivity contribution in [2.45, 2.75) is 38.8 Å². The Hall–Kier alpha value is -1.68. The summed E-state index contributed by atoms with van der Waals surface area (Å²) in [6.07, 6.45) is 0.976. The van der Waals surface area contributed by atoms with Gasteiger partial charge in [0, 0.05) is 12.5 Å². The molecule has 0 saturated carbocycles. The van der Waals surface area contributed by atoms with Crippen LogP contribution < -0.4 is 10.6 Å². The summed E-state index contributed by atoms with van der Waals surface area (Å²) in [5.41, 5.74) is 1.17. The van der Waals surface area contributed by atoms with Gasteiger partial charge in [-0.15, -0.1) is 0 Å². The van der Waals surface area contributed by atoms with E-state index < -0.39 is 0 Å². The van der Waals surface area contributed by atoms with Gasteiger partial charge in [-0.1, -0.05) is 44.2 Å². The van der Waals surface area contributed by atoms with Crippen LogP contribution in [0.15, 0.2) is 30.3 Å². The fourth-order valence-corrected chi connectivity index (χ4v) is 2.40. The molecule has 102 valence electrons. The Labute approximate surface area is 113 Å². The average molecular weight is 260 g/mol. The number of nitrogens with one attached hydrogen (secondary N) is 2. The van der Waals surface area contributed by atoms with Gasteiger partial charge in [-0.2, -0.15) is 0 Å². The van der Waals surface area contributed by atoms with Crippen LogP contribution in [0, 0.1) is 5.92 Å². The molecule has 1 saturated heterocycles. The molecule has 1 fully saturated rings. The standard InChI is InChI=1S/C15H20N2O2/c1-10(2)14(11-6-4-3-5-7-11)16-12-8-9-13(18)17-15(12)19/h3-7,10,12,14,16H,8-9H2,1-2H3,(H,17,18,19). The molecule has 0 aliphatic carbocycles. The molecular weight excluding hydrogens is 240 g/mol. The molecule has 1 heterocycles. The number of piperidine rings is 1. The van der Waals surface area contributed by atoms with Gasteiger partial charge in [0.05, 0.1) is 6.04 Å². The van der Waals surface area contributed by atoms with Crippen molar-refractivity contribution in [3.63, 3.8) is 0 Å². The number of rotatable bonds is 4. The van der Waals surface area contributed by atoms with E-state index in [1.54, 1.807) is 0 Å². The van der Waals surface area contributed by atoms with E-state index in [2.05, 4.69) is 36.6 Å². The minimum absolute atomic E-state index is 0.116. The largest absolute Gasteiger partial charge is 0.299 e. The fourth-order valence-electron chi connectivity index (χ4n) is 2.40. The summed E-state index contributed by atoms with van der Waals surface area (Å²) >= 11 is 0. The SMILES string of the molecule is CC(C)C(NC1CCC(=O)NC1=O)c1ccccc1. The number of benzene rings is 1.